The van der Waals surface area contributed by atoms with E-state index in [1.165, 1.54) is 5.56 Å². The summed E-state index contributed by atoms with van der Waals surface area (Å²) in [7, 11) is 0. The lowest BCUT2D eigenvalue weighted by molar-refractivity contribution is -0.130. The maximum absolute atomic E-state index is 12.6. The number of amides is 1. The number of carbonyl (C=O) groups excluding carboxylic acids is 1. The Hall–Kier alpha value is -3.48. The molecule has 0 bridgehead atoms. The standard InChI is InChI=1S/C22H24N6O/c1-17-4-2-5-18(14-17)15-22(29)28-12-10-27(11-13-28)21-8-7-20(25-26-21)24-19-6-3-9-23-16-19/h2-9,14,16H,10-13,15H2,1H3,(H,24,25). The fourth-order valence-corrected chi connectivity index (χ4v) is 3.44. The summed E-state index contributed by atoms with van der Waals surface area (Å²) in [5, 5.41) is 11.8. The second-order valence-corrected chi connectivity index (χ2v) is 7.18. The number of pyridine rings is 1. The molecule has 0 unspecified atom stereocenters. The first-order chi connectivity index (χ1) is 14.2. The molecule has 0 radical (unpaired) electrons. The predicted molar refractivity (Wildman–Crippen MR) is 113 cm³/mol. The molecule has 1 aromatic carbocycles. The van der Waals surface area contributed by atoms with Crippen molar-refractivity contribution in [2.45, 2.75) is 13.3 Å². The summed E-state index contributed by atoms with van der Waals surface area (Å²) in [5.74, 6) is 1.68. The normalized spacial score (nSPS) is 14.0. The highest BCUT2D eigenvalue weighted by Crippen LogP contribution is 2.17. The van der Waals surface area contributed by atoms with Crippen molar-refractivity contribution < 1.29 is 4.79 Å². The molecule has 29 heavy (non-hydrogen) atoms. The number of carbonyl (C=O) groups is 1. The van der Waals surface area contributed by atoms with Gasteiger partial charge in [-0.1, -0.05) is 29.8 Å². The van der Waals surface area contributed by atoms with Gasteiger partial charge in [0.25, 0.3) is 0 Å². The van der Waals surface area contributed by atoms with Crippen LogP contribution in [0, 0.1) is 6.92 Å². The van der Waals surface area contributed by atoms with Crippen molar-refractivity contribution >= 4 is 23.2 Å². The van der Waals surface area contributed by atoms with Crippen molar-refractivity contribution in [1.29, 1.82) is 0 Å². The van der Waals surface area contributed by atoms with E-state index in [0.29, 0.717) is 25.3 Å². The number of nitrogens with zero attached hydrogens (tertiary/aromatic N) is 5. The second kappa shape index (κ2) is 8.68. The van der Waals surface area contributed by atoms with Gasteiger partial charge in [-0.2, -0.15) is 0 Å². The van der Waals surface area contributed by atoms with Crippen LogP contribution in [0.2, 0.25) is 0 Å². The van der Waals surface area contributed by atoms with E-state index in [0.717, 1.165) is 30.2 Å². The summed E-state index contributed by atoms with van der Waals surface area (Å²) in [6.07, 6.45) is 3.92. The number of anilines is 3. The third kappa shape index (κ3) is 4.87. The van der Waals surface area contributed by atoms with Crippen LogP contribution in [0.15, 0.2) is 60.9 Å². The van der Waals surface area contributed by atoms with Crippen LogP contribution in [0.25, 0.3) is 0 Å². The first-order valence-electron chi connectivity index (χ1n) is 9.76. The molecular formula is C22H24N6O. The van der Waals surface area contributed by atoms with Crippen LogP contribution in [0.5, 0.6) is 0 Å². The minimum atomic E-state index is 0.178. The van der Waals surface area contributed by atoms with E-state index in [4.69, 9.17) is 0 Å². The second-order valence-electron chi connectivity index (χ2n) is 7.18. The molecule has 3 heterocycles. The average Bonchev–Trinajstić information content (AvgIpc) is 2.75. The van der Waals surface area contributed by atoms with Crippen LogP contribution in [0.1, 0.15) is 11.1 Å². The number of aryl methyl sites for hydroxylation is 1. The summed E-state index contributed by atoms with van der Waals surface area (Å²) in [6, 6.07) is 15.8. The van der Waals surface area contributed by atoms with Gasteiger partial charge in [0.15, 0.2) is 11.6 Å². The molecule has 4 rings (SSSR count). The molecule has 7 heteroatoms. The molecule has 0 saturated carbocycles. The summed E-state index contributed by atoms with van der Waals surface area (Å²) in [5.41, 5.74) is 3.12. The Morgan fingerprint density at radius 1 is 1.03 bits per heavy atom. The van der Waals surface area contributed by atoms with E-state index in [9.17, 15) is 4.79 Å². The van der Waals surface area contributed by atoms with Crippen LogP contribution in [-0.2, 0) is 11.2 Å². The van der Waals surface area contributed by atoms with Gasteiger partial charge in [0.2, 0.25) is 5.91 Å². The number of hydrogen-bond donors (Lipinski definition) is 1. The van der Waals surface area contributed by atoms with Crippen molar-refractivity contribution in [2.24, 2.45) is 0 Å². The number of rotatable bonds is 5. The molecular weight excluding hydrogens is 364 g/mol. The van der Waals surface area contributed by atoms with E-state index >= 15 is 0 Å². The largest absolute Gasteiger partial charge is 0.352 e. The van der Waals surface area contributed by atoms with Crippen molar-refractivity contribution in [1.82, 2.24) is 20.1 Å². The molecule has 148 valence electrons. The first kappa shape index (κ1) is 18.9. The van der Waals surface area contributed by atoms with Gasteiger partial charge < -0.3 is 15.1 Å². The summed E-state index contributed by atoms with van der Waals surface area (Å²) >= 11 is 0. The predicted octanol–water partition coefficient (Wildman–Crippen LogP) is 2.81. The number of nitrogens with one attached hydrogen (secondary N) is 1. The van der Waals surface area contributed by atoms with Crippen LogP contribution >= 0.6 is 0 Å². The summed E-state index contributed by atoms with van der Waals surface area (Å²) in [6.45, 7) is 4.95. The zero-order chi connectivity index (χ0) is 20.1. The van der Waals surface area contributed by atoms with Crippen LogP contribution < -0.4 is 10.2 Å². The lowest BCUT2D eigenvalue weighted by atomic mass is 10.1. The minimum absolute atomic E-state index is 0.178. The number of aromatic nitrogens is 3. The molecule has 1 saturated heterocycles. The Labute approximate surface area is 170 Å². The Bertz CT molecular complexity index is 953. The number of hydrogen-bond acceptors (Lipinski definition) is 6. The van der Waals surface area contributed by atoms with Gasteiger partial charge in [-0.25, -0.2) is 0 Å². The van der Waals surface area contributed by atoms with Gasteiger partial charge in [0, 0.05) is 32.4 Å². The zero-order valence-electron chi connectivity index (χ0n) is 16.5. The van der Waals surface area contributed by atoms with Gasteiger partial charge in [0.05, 0.1) is 18.3 Å². The van der Waals surface area contributed by atoms with E-state index in [2.05, 4.69) is 31.5 Å². The Morgan fingerprint density at radius 3 is 2.59 bits per heavy atom. The Balaban J connectivity index is 1.30. The molecule has 1 aliphatic heterocycles. The topological polar surface area (TPSA) is 74.2 Å². The van der Waals surface area contributed by atoms with E-state index in [1.807, 2.05) is 54.3 Å². The van der Waals surface area contributed by atoms with Crippen LogP contribution in [0.3, 0.4) is 0 Å². The molecule has 0 aliphatic carbocycles. The third-order valence-electron chi connectivity index (χ3n) is 4.98. The van der Waals surface area contributed by atoms with Gasteiger partial charge in [-0.15, -0.1) is 10.2 Å². The van der Waals surface area contributed by atoms with Gasteiger partial charge in [0.1, 0.15) is 0 Å². The average molecular weight is 388 g/mol. The van der Waals surface area contributed by atoms with Gasteiger partial charge in [-0.3, -0.25) is 9.78 Å². The minimum Gasteiger partial charge on any atom is -0.352 e. The van der Waals surface area contributed by atoms with Crippen molar-refractivity contribution in [2.75, 3.05) is 36.4 Å². The highest BCUT2D eigenvalue weighted by atomic mass is 16.2. The van der Waals surface area contributed by atoms with Crippen molar-refractivity contribution in [3.8, 4) is 0 Å². The van der Waals surface area contributed by atoms with Crippen molar-refractivity contribution in [3.63, 3.8) is 0 Å². The fraction of sp³-hybridized carbons (Fsp3) is 0.273. The van der Waals surface area contributed by atoms with E-state index < -0.39 is 0 Å². The van der Waals surface area contributed by atoms with Crippen LogP contribution in [-0.4, -0.2) is 52.2 Å². The quantitative estimate of drug-likeness (QED) is 0.725. The molecule has 3 aromatic rings. The lowest BCUT2D eigenvalue weighted by Crippen LogP contribution is -2.49. The SMILES string of the molecule is Cc1cccc(CC(=O)N2CCN(c3ccc(Nc4cccnc4)nn3)CC2)c1. The maximum Gasteiger partial charge on any atom is 0.227 e. The highest BCUT2D eigenvalue weighted by Gasteiger charge is 2.22. The Morgan fingerprint density at radius 2 is 1.90 bits per heavy atom. The first-order valence-corrected chi connectivity index (χ1v) is 9.76. The van der Waals surface area contributed by atoms with Gasteiger partial charge >= 0.3 is 0 Å². The Kier molecular flexibility index (Phi) is 5.65. The molecule has 0 atom stereocenters. The molecule has 1 fully saturated rings. The van der Waals surface area contributed by atoms with E-state index in [-0.39, 0.29) is 5.91 Å². The molecule has 1 amide bonds. The zero-order valence-corrected chi connectivity index (χ0v) is 16.5. The molecule has 1 aliphatic rings. The van der Waals surface area contributed by atoms with Crippen LogP contribution in [0.4, 0.5) is 17.3 Å². The number of benzene rings is 1. The van der Waals surface area contributed by atoms with E-state index in [1.54, 1.807) is 12.4 Å². The molecule has 0 spiro atoms. The summed E-state index contributed by atoms with van der Waals surface area (Å²) in [4.78, 5) is 20.8. The molecule has 7 nitrogen and oxygen atoms in total. The fourth-order valence-electron chi connectivity index (χ4n) is 3.44. The third-order valence-corrected chi connectivity index (χ3v) is 4.98. The molecule has 2 aromatic heterocycles. The van der Waals surface area contributed by atoms with Crippen molar-refractivity contribution in [3.05, 3.63) is 72.1 Å². The number of piperazine rings is 1. The monoisotopic (exact) mass is 388 g/mol. The maximum atomic E-state index is 12.6. The smallest absolute Gasteiger partial charge is 0.227 e. The molecule has 1 N–H and O–H groups in total. The lowest BCUT2D eigenvalue weighted by Gasteiger charge is -2.35. The summed E-state index contributed by atoms with van der Waals surface area (Å²) < 4.78 is 0. The highest BCUT2D eigenvalue weighted by molar-refractivity contribution is 5.79. The van der Waals surface area contributed by atoms with Gasteiger partial charge in [-0.05, 0) is 36.8 Å².